The molecule has 2 heterocycles. The van der Waals surface area contributed by atoms with Gasteiger partial charge in [-0.15, -0.1) is 11.3 Å². The molecular weight excluding hydrogens is 182 g/mol. The fourth-order valence-electron chi connectivity index (χ4n) is 1.53. The molecule has 13 heavy (non-hydrogen) atoms. The summed E-state index contributed by atoms with van der Waals surface area (Å²) < 4.78 is 6.65. The molecule has 1 aromatic heterocycles. The number of fused-ring (bicyclic) bond motifs is 3. The van der Waals surface area contributed by atoms with Crippen molar-refractivity contribution in [2.24, 2.45) is 0 Å². The standard InChI is InChI=1S/C10H7NOS/c1-2-7-3-4-8-9(11-6-13-8)10(7)12-5-1/h1,3-6H,2H2. The van der Waals surface area contributed by atoms with Crippen LogP contribution in [0.15, 0.2) is 30.0 Å². The van der Waals surface area contributed by atoms with Gasteiger partial charge in [-0.2, -0.15) is 0 Å². The second-order valence-corrected chi connectivity index (χ2v) is 3.83. The van der Waals surface area contributed by atoms with Crippen LogP contribution in [0.3, 0.4) is 0 Å². The maximum absolute atomic E-state index is 5.46. The van der Waals surface area contributed by atoms with Crippen molar-refractivity contribution >= 4 is 21.6 Å². The molecular formula is C10H7NOS. The van der Waals surface area contributed by atoms with Crippen molar-refractivity contribution in [2.75, 3.05) is 0 Å². The normalized spacial score (nSPS) is 14.2. The molecule has 64 valence electrons. The SMILES string of the molecule is C1=COc2c(ccc3scnc23)C1. The fourth-order valence-corrected chi connectivity index (χ4v) is 2.21. The van der Waals surface area contributed by atoms with E-state index in [2.05, 4.69) is 17.1 Å². The predicted octanol–water partition coefficient (Wildman–Crippen LogP) is 2.74. The lowest BCUT2D eigenvalue weighted by molar-refractivity contribution is 0.469. The van der Waals surface area contributed by atoms with E-state index in [1.807, 2.05) is 11.6 Å². The summed E-state index contributed by atoms with van der Waals surface area (Å²) in [6.07, 6.45) is 4.70. The van der Waals surface area contributed by atoms with E-state index < -0.39 is 0 Å². The van der Waals surface area contributed by atoms with Crippen LogP contribution in [-0.4, -0.2) is 4.98 Å². The zero-order chi connectivity index (χ0) is 8.67. The van der Waals surface area contributed by atoms with Crippen molar-refractivity contribution in [1.82, 2.24) is 4.98 Å². The average Bonchev–Trinajstić information content (AvgIpc) is 2.65. The summed E-state index contributed by atoms with van der Waals surface area (Å²) >= 11 is 1.64. The second kappa shape index (κ2) is 2.57. The van der Waals surface area contributed by atoms with E-state index in [1.165, 1.54) is 10.3 Å². The topological polar surface area (TPSA) is 22.1 Å². The first-order chi connectivity index (χ1) is 6.45. The Morgan fingerprint density at radius 3 is 3.38 bits per heavy atom. The average molecular weight is 189 g/mol. The van der Waals surface area contributed by atoms with Gasteiger partial charge < -0.3 is 4.74 Å². The number of hydrogen-bond acceptors (Lipinski definition) is 3. The third-order valence-corrected chi connectivity index (χ3v) is 2.95. The highest BCUT2D eigenvalue weighted by molar-refractivity contribution is 7.16. The number of hydrogen-bond donors (Lipinski definition) is 0. The third kappa shape index (κ3) is 0.971. The summed E-state index contributed by atoms with van der Waals surface area (Å²) in [5.74, 6) is 0.932. The quantitative estimate of drug-likeness (QED) is 0.635. The van der Waals surface area contributed by atoms with Gasteiger partial charge in [0.15, 0.2) is 5.75 Å². The third-order valence-electron chi connectivity index (χ3n) is 2.16. The lowest BCUT2D eigenvalue weighted by Crippen LogP contribution is -1.96. The van der Waals surface area contributed by atoms with Crippen LogP contribution >= 0.6 is 11.3 Å². The van der Waals surface area contributed by atoms with Crippen LogP contribution in [0.4, 0.5) is 0 Å². The van der Waals surface area contributed by atoms with Gasteiger partial charge in [0.2, 0.25) is 0 Å². The summed E-state index contributed by atoms with van der Waals surface area (Å²) in [7, 11) is 0. The molecule has 0 radical (unpaired) electrons. The summed E-state index contributed by atoms with van der Waals surface area (Å²) in [4.78, 5) is 4.29. The van der Waals surface area contributed by atoms with Crippen LogP contribution in [-0.2, 0) is 6.42 Å². The maximum atomic E-state index is 5.46. The van der Waals surface area contributed by atoms with Gasteiger partial charge in [0.05, 0.1) is 16.5 Å². The Labute approximate surface area is 79.5 Å². The first-order valence-corrected chi connectivity index (χ1v) is 5.00. The van der Waals surface area contributed by atoms with Gasteiger partial charge in [-0.1, -0.05) is 6.07 Å². The van der Waals surface area contributed by atoms with Crippen LogP contribution in [0.2, 0.25) is 0 Å². The van der Waals surface area contributed by atoms with E-state index in [0.717, 1.165) is 17.7 Å². The van der Waals surface area contributed by atoms with Crippen molar-refractivity contribution in [3.05, 3.63) is 35.5 Å². The van der Waals surface area contributed by atoms with Gasteiger partial charge >= 0.3 is 0 Å². The van der Waals surface area contributed by atoms with E-state index in [9.17, 15) is 0 Å². The zero-order valence-electron chi connectivity index (χ0n) is 6.86. The Balaban J connectivity index is 2.38. The lowest BCUT2D eigenvalue weighted by Gasteiger charge is -2.11. The molecule has 0 unspecified atom stereocenters. The Morgan fingerprint density at radius 1 is 1.38 bits per heavy atom. The molecule has 0 atom stereocenters. The number of rotatable bonds is 0. The summed E-state index contributed by atoms with van der Waals surface area (Å²) in [6.45, 7) is 0. The molecule has 3 rings (SSSR count). The minimum atomic E-state index is 0.932. The first-order valence-electron chi connectivity index (χ1n) is 4.12. The van der Waals surface area contributed by atoms with Crippen LogP contribution in [0.25, 0.3) is 10.2 Å². The second-order valence-electron chi connectivity index (χ2n) is 2.95. The summed E-state index contributed by atoms with van der Waals surface area (Å²) in [6, 6.07) is 4.22. The molecule has 1 aliphatic rings. The number of benzene rings is 1. The Hall–Kier alpha value is -1.35. The van der Waals surface area contributed by atoms with E-state index in [-0.39, 0.29) is 0 Å². The Kier molecular flexibility index (Phi) is 1.40. The molecule has 2 aromatic rings. The van der Waals surface area contributed by atoms with Crippen molar-refractivity contribution in [1.29, 1.82) is 0 Å². The first kappa shape index (κ1) is 7.09. The van der Waals surface area contributed by atoms with E-state index in [0.29, 0.717) is 0 Å². The molecule has 0 bridgehead atoms. The van der Waals surface area contributed by atoms with E-state index >= 15 is 0 Å². The molecule has 0 N–H and O–H groups in total. The van der Waals surface area contributed by atoms with Gasteiger partial charge in [-0.3, -0.25) is 0 Å². The molecule has 0 spiro atoms. The van der Waals surface area contributed by atoms with Gasteiger partial charge in [0.25, 0.3) is 0 Å². The van der Waals surface area contributed by atoms with Crippen molar-refractivity contribution in [3.8, 4) is 5.75 Å². The largest absolute Gasteiger partial charge is 0.463 e. The van der Waals surface area contributed by atoms with E-state index in [1.54, 1.807) is 17.6 Å². The monoisotopic (exact) mass is 189 g/mol. The molecule has 0 fully saturated rings. The summed E-state index contributed by atoms with van der Waals surface area (Å²) in [5.41, 5.74) is 4.07. The zero-order valence-corrected chi connectivity index (χ0v) is 7.67. The number of nitrogens with zero attached hydrogens (tertiary/aromatic N) is 1. The highest BCUT2D eigenvalue weighted by atomic mass is 32.1. The minimum Gasteiger partial charge on any atom is -0.463 e. The molecule has 0 saturated heterocycles. The lowest BCUT2D eigenvalue weighted by atomic mass is 10.1. The number of ether oxygens (including phenoxy) is 1. The number of allylic oxidation sites excluding steroid dienone is 1. The number of thiazole rings is 1. The van der Waals surface area contributed by atoms with Crippen molar-refractivity contribution in [3.63, 3.8) is 0 Å². The number of aromatic nitrogens is 1. The van der Waals surface area contributed by atoms with E-state index in [4.69, 9.17) is 4.74 Å². The minimum absolute atomic E-state index is 0.932. The highest BCUT2D eigenvalue weighted by Crippen LogP contribution is 2.33. The predicted molar refractivity (Wildman–Crippen MR) is 53.1 cm³/mol. The van der Waals surface area contributed by atoms with Gasteiger partial charge in [-0.25, -0.2) is 4.98 Å². The van der Waals surface area contributed by atoms with Gasteiger partial charge in [0.1, 0.15) is 5.52 Å². The van der Waals surface area contributed by atoms with Crippen LogP contribution in [0, 0.1) is 0 Å². The Morgan fingerprint density at radius 2 is 2.38 bits per heavy atom. The smallest absolute Gasteiger partial charge is 0.157 e. The summed E-state index contributed by atoms with van der Waals surface area (Å²) in [5, 5.41) is 0. The molecule has 1 aliphatic heterocycles. The molecule has 0 aliphatic carbocycles. The van der Waals surface area contributed by atoms with Gasteiger partial charge in [0, 0.05) is 5.56 Å². The van der Waals surface area contributed by atoms with Gasteiger partial charge in [-0.05, 0) is 18.6 Å². The van der Waals surface area contributed by atoms with Crippen molar-refractivity contribution < 1.29 is 4.74 Å². The molecule has 2 nitrogen and oxygen atoms in total. The fraction of sp³-hybridized carbons (Fsp3) is 0.100. The maximum Gasteiger partial charge on any atom is 0.157 e. The van der Waals surface area contributed by atoms with Crippen molar-refractivity contribution in [2.45, 2.75) is 6.42 Å². The van der Waals surface area contributed by atoms with Crippen LogP contribution in [0.5, 0.6) is 5.75 Å². The molecule has 3 heteroatoms. The van der Waals surface area contributed by atoms with Crippen LogP contribution < -0.4 is 4.74 Å². The van der Waals surface area contributed by atoms with Crippen LogP contribution in [0.1, 0.15) is 5.56 Å². The molecule has 0 amide bonds. The molecule has 1 aromatic carbocycles. The highest BCUT2D eigenvalue weighted by Gasteiger charge is 2.11. The molecule has 0 saturated carbocycles. The Bertz CT molecular complexity index is 487.